The molecular formula is C27H23F4N3O2. The van der Waals surface area contributed by atoms with Crippen LogP contribution < -0.4 is 15.0 Å². The minimum absolute atomic E-state index is 0.0781. The van der Waals surface area contributed by atoms with Gasteiger partial charge in [-0.05, 0) is 72.3 Å². The smallest absolute Gasteiger partial charge is 0.418 e. The number of carbonyl (C=O) groups is 1. The molecule has 0 aliphatic heterocycles. The van der Waals surface area contributed by atoms with Crippen molar-refractivity contribution in [3.8, 4) is 17.2 Å². The number of benzene rings is 3. The molecule has 36 heavy (non-hydrogen) atoms. The molecule has 0 saturated carbocycles. The average Bonchev–Trinajstić information content (AvgIpc) is 3.34. The van der Waals surface area contributed by atoms with Gasteiger partial charge in [-0.25, -0.2) is 4.39 Å². The van der Waals surface area contributed by atoms with Gasteiger partial charge in [0.05, 0.1) is 11.3 Å². The molecule has 4 aromatic rings. The van der Waals surface area contributed by atoms with Crippen molar-refractivity contribution in [2.24, 2.45) is 0 Å². The van der Waals surface area contributed by atoms with Gasteiger partial charge in [-0.15, -0.1) is 0 Å². The number of carbonyl (C=O) groups excluding carboxylic acids is 1. The van der Waals surface area contributed by atoms with Crippen molar-refractivity contribution in [2.75, 3.05) is 19.0 Å². The third kappa shape index (κ3) is 5.68. The van der Waals surface area contributed by atoms with Gasteiger partial charge in [0, 0.05) is 32.5 Å². The zero-order chi connectivity index (χ0) is 25.9. The van der Waals surface area contributed by atoms with Crippen LogP contribution in [0.15, 0.2) is 85.1 Å². The summed E-state index contributed by atoms with van der Waals surface area (Å²) in [5.74, 6) is 0.137. The molecule has 0 fully saturated rings. The van der Waals surface area contributed by atoms with Crippen LogP contribution in [-0.4, -0.2) is 24.6 Å². The van der Waals surface area contributed by atoms with E-state index in [0.717, 1.165) is 11.6 Å². The maximum Gasteiger partial charge on any atom is 0.418 e. The van der Waals surface area contributed by atoms with Crippen LogP contribution in [0.5, 0.6) is 11.5 Å². The van der Waals surface area contributed by atoms with E-state index in [2.05, 4.69) is 5.32 Å². The average molecular weight is 497 g/mol. The van der Waals surface area contributed by atoms with Crippen molar-refractivity contribution in [3.63, 3.8) is 0 Å². The van der Waals surface area contributed by atoms with Gasteiger partial charge in [-0.3, -0.25) is 4.79 Å². The Hall–Kier alpha value is -4.27. The molecule has 0 spiro atoms. The molecule has 0 unspecified atom stereocenters. The summed E-state index contributed by atoms with van der Waals surface area (Å²) in [7, 11) is 3.32. The predicted octanol–water partition coefficient (Wildman–Crippen LogP) is 6.42. The van der Waals surface area contributed by atoms with Crippen LogP contribution >= 0.6 is 0 Å². The molecule has 0 atom stereocenters. The molecule has 1 amide bonds. The van der Waals surface area contributed by atoms with Crippen molar-refractivity contribution in [1.29, 1.82) is 0 Å². The van der Waals surface area contributed by atoms with E-state index in [-0.39, 0.29) is 23.7 Å². The molecule has 186 valence electrons. The first-order valence-electron chi connectivity index (χ1n) is 11.0. The molecule has 1 N–H and O–H groups in total. The molecule has 4 rings (SSSR count). The van der Waals surface area contributed by atoms with Gasteiger partial charge in [0.2, 0.25) is 0 Å². The van der Waals surface area contributed by atoms with E-state index >= 15 is 0 Å². The second kappa shape index (κ2) is 10.2. The van der Waals surface area contributed by atoms with Crippen LogP contribution in [0.2, 0.25) is 0 Å². The molecule has 5 nitrogen and oxygen atoms in total. The van der Waals surface area contributed by atoms with Gasteiger partial charge in [-0.2, -0.15) is 13.2 Å². The molecule has 0 bridgehead atoms. The van der Waals surface area contributed by atoms with Crippen LogP contribution in [0.3, 0.4) is 0 Å². The summed E-state index contributed by atoms with van der Waals surface area (Å²) in [6.07, 6.45) is -3.17. The van der Waals surface area contributed by atoms with Gasteiger partial charge in [0.15, 0.2) is 0 Å². The Morgan fingerprint density at radius 2 is 1.58 bits per heavy atom. The highest BCUT2D eigenvalue weighted by molar-refractivity contribution is 5.93. The normalized spacial score (nSPS) is 11.3. The number of nitrogens with zero attached hydrogens (tertiary/aromatic N) is 2. The maximum absolute atomic E-state index is 13.8. The number of aromatic nitrogens is 1. The van der Waals surface area contributed by atoms with E-state index in [1.807, 2.05) is 0 Å². The van der Waals surface area contributed by atoms with E-state index in [4.69, 9.17) is 4.74 Å². The molecule has 0 aliphatic rings. The molecule has 0 aliphatic carbocycles. The second-order valence-electron chi connectivity index (χ2n) is 8.24. The maximum atomic E-state index is 13.8. The number of ether oxygens (including phenoxy) is 1. The third-order valence-corrected chi connectivity index (χ3v) is 5.47. The lowest BCUT2D eigenvalue weighted by Gasteiger charge is -2.20. The van der Waals surface area contributed by atoms with Crippen LogP contribution in [-0.2, 0) is 12.7 Å². The molecule has 1 aromatic heterocycles. The predicted molar refractivity (Wildman–Crippen MR) is 129 cm³/mol. The first-order valence-corrected chi connectivity index (χ1v) is 11.0. The van der Waals surface area contributed by atoms with Crippen molar-refractivity contribution < 1.29 is 27.1 Å². The highest BCUT2D eigenvalue weighted by Crippen LogP contribution is 2.36. The molecule has 9 heteroatoms. The quantitative estimate of drug-likeness (QED) is 0.300. The summed E-state index contributed by atoms with van der Waals surface area (Å²) >= 11 is 0. The minimum Gasteiger partial charge on any atom is -0.457 e. The summed E-state index contributed by atoms with van der Waals surface area (Å²) in [6.45, 7) is 0.159. The van der Waals surface area contributed by atoms with Gasteiger partial charge >= 0.3 is 6.18 Å². The summed E-state index contributed by atoms with van der Waals surface area (Å²) < 4.78 is 61.3. The fourth-order valence-electron chi connectivity index (χ4n) is 3.60. The number of alkyl halides is 3. The fraction of sp³-hybridized carbons (Fsp3) is 0.148. The number of rotatable bonds is 7. The van der Waals surface area contributed by atoms with E-state index in [1.165, 1.54) is 53.2 Å². The molecule has 0 saturated heterocycles. The Labute approximate surface area is 205 Å². The van der Waals surface area contributed by atoms with Crippen LogP contribution in [0.1, 0.15) is 21.6 Å². The van der Waals surface area contributed by atoms with Crippen molar-refractivity contribution in [2.45, 2.75) is 12.7 Å². The topological polar surface area (TPSA) is 46.5 Å². The lowest BCUT2D eigenvalue weighted by atomic mass is 10.1. The van der Waals surface area contributed by atoms with Gasteiger partial charge < -0.3 is 19.5 Å². The molecule has 1 heterocycles. The van der Waals surface area contributed by atoms with E-state index in [0.29, 0.717) is 17.2 Å². The Kier molecular flexibility index (Phi) is 7.00. The number of anilines is 1. The monoisotopic (exact) mass is 497 g/mol. The fourth-order valence-corrected chi connectivity index (χ4v) is 3.60. The Balaban J connectivity index is 1.47. The van der Waals surface area contributed by atoms with Crippen molar-refractivity contribution in [1.82, 2.24) is 9.88 Å². The highest BCUT2D eigenvalue weighted by Gasteiger charge is 2.35. The first-order chi connectivity index (χ1) is 17.1. The summed E-state index contributed by atoms with van der Waals surface area (Å²) in [5, 5.41) is 2.74. The number of hydrogen-bond acceptors (Lipinski definition) is 3. The molecular weight excluding hydrogens is 474 g/mol. The Bertz CT molecular complexity index is 1340. The van der Waals surface area contributed by atoms with Crippen molar-refractivity contribution >= 4 is 11.6 Å². The summed E-state index contributed by atoms with van der Waals surface area (Å²) in [4.78, 5) is 14.4. The first kappa shape index (κ1) is 24.8. The lowest BCUT2D eigenvalue weighted by Crippen LogP contribution is -2.25. The van der Waals surface area contributed by atoms with Crippen LogP contribution in [0.4, 0.5) is 23.2 Å². The number of amides is 1. The van der Waals surface area contributed by atoms with Gasteiger partial charge in [0.1, 0.15) is 23.0 Å². The Morgan fingerprint density at radius 3 is 2.19 bits per heavy atom. The lowest BCUT2D eigenvalue weighted by molar-refractivity contribution is -0.137. The van der Waals surface area contributed by atoms with E-state index < -0.39 is 17.6 Å². The van der Waals surface area contributed by atoms with E-state index in [1.54, 1.807) is 49.3 Å². The highest BCUT2D eigenvalue weighted by atomic mass is 19.4. The zero-order valence-corrected chi connectivity index (χ0v) is 19.5. The van der Waals surface area contributed by atoms with Gasteiger partial charge in [-0.1, -0.05) is 12.1 Å². The minimum atomic E-state index is -4.60. The van der Waals surface area contributed by atoms with Crippen molar-refractivity contribution in [3.05, 3.63) is 108 Å². The van der Waals surface area contributed by atoms with Gasteiger partial charge in [0.25, 0.3) is 5.91 Å². The molecule has 3 aromatic carbocycles. The van der Waals surface area contributed by atoms with Crippen LogP contribution in [0, 0.1) is 5.82 Å². The molecule has 0 radical (unpaired) electrons. The van der Waals surface area contributed by atoms with Crippen LogP contribution in [0.25, 0.3) is 5.69 Å². The zero-order valence-electron chi connectivity index (χ0n) is 19.5. The number of nitrogens with one attached hydrogen (secondary N) is 1. The number of hydrogen-bond donors (Lipinski definition) is 1. The summed E-state index contributed by atoms with van der Waals surface area (Å²) in [6, 6.07) is 19.5. The second-order valence-corrected chi connectivity index (χ2v) is 8.24. The Morgan fingerprint density at radius 1 is 0.944 bits per heavy atom. The van der Waals surface area contributed by atoms with E-state index in [9.17, 15) is 22.4 Å². The standard InChI is InChI=1S/C27H23F4N3O2/c1-33(2)20-9-14-24(23(16-20)27(29,30)31)34-15-3-4-25(34)26(35)32-17-18-5-10-21(11-6-18)36-22-12-7-19(28)8-13-22/h3-16H,17H2,1-2H3,(H,32,35). The summed E-state index contributed by atoms with van der Waals surface area (Å²) in [5.41, 5.74) is 0.269. The number of halogens is 4. The third-order valence-electron chi connectivity index (χ3n) is 5.47. The SMILES string of the molecule is CN(C)c1ccc(-n2cccc2C(=O)NCc2ccc(Oc3ccc(F)cc3)cc2)c(C(F)(F)F)c1. The largest absolute Gasteiger partial charge is 0.457 e.